The predicted molar refractivity (Wildman–Crippen MR) is 97.6 cm³/mol. The number of nitrogens with one attached hydrogen (secondary N) is 1. The number of nitrogens with zero attached hydrogens (tertiary/aromatic N) is 2. The van der Waals surface area contributed by atoms with E-state index in [9.17, 15) is 4.79 Å². The van der Waals surface area contributed by atoms with E-state index in [0.29, 0.717) is 26.3 Å². The maximum atomic E-state index is 12.5. The summed E-state index contributed by atoms with van der Waals surface area (Å²) in [4.78, 5) is 16.8. The van der Waals surface area contributed by atoms with Crippen molar-refractivity contribution in [3.05, 3.63) is 24.3 Å². The van der Waals surface area contributed by atoms with Crippen molar-refractivity contribution in [2.45, 2.75) is 38.6 Å². The lowest BCUT2D eigenvalue weighted by molar-refractivity contribution is -0.135. The lowest BCUT2D eigenvalue weighted by atomic mass is 10.2. The summed E-state index contributed by atoms with van der Waals surface area (Å²) < 4.78 is 5.31. The fourth-order valence-electron chi connectivity index (χ4n) is 3.47. The van der Waals surface area contributed by atoms with Crippen LogP contribution in [0.4, 0.5) is 11.4 Å². The molecule has 0 aliphatic carbocycles. The minimum atomic E-state index is -0.216. The molecule has 1 amide bonds. The molecule has 0 radical (unpaired) electrons. The number of morpholine rings is 1. The number of hydrogen-bond acceptors (Lipinski definition) is 4. The van der Waals surface area contributed by atoms with Gasteiger partial charge in [0.2, 0.25) is 5.91 Å². The third-order valence-electron chi connectivity index (χ3n) is 4.91. The SMILES string of the molecule is C[C@@H](Nc1ccc(N2CCCCCC2)cc1)C(=O)N1CCOCC1. The largest absolute Gasteiger partial charge is 0.378 e. The molecule has 24 heavy (non-hydrogen) atoms. The number of hydrogen-bond donors (Lipinski definition) is 1. The van der Waals surface area contributed by atoms with Crippen LogP contribution < -0.4 is 10.2 Å². The molecule has 2 fully saturated rings. The van der Waals surface area contributed by atoms with Gasteiger partial charge in [0.15, 0.2) is 0 Å². The molecule has 5 heteroatoms. The zero-order valence-electron chi connectivity index (χ0n) is 14.7. The molecule has 1 aromatic rings. The minimum Gasteiger partial charge on any atom is -0.378 e. The molecular weight excluding hydrogens is 302 g/mol. The van der Waals surface area contributed by atoms with E-state index < -0.39 is 0 Å². The Morgan fingerprint density at radius 3 is 2.25 bits per heavy atom. The summed E-state index contributed by atoms with van der Waals surface area (Å²) in [6.07, 6.45) is 5.25. The second-order valence-electron chi connectivity index (χ2n) is 6.75. The van der Waals surface area contributed by atoms with Crippen LogP contribution in [0.3, 0.4) is 0 Å². The fraction of sp³-hybridized carbons (Fsp3) is 0.632. The van der Waals surface area contributed by atoms with Crippen LogP contribution in [-0.4, -0.2) is 56.2 Å². The van der Waals surface area contributed by atoms with Crippen molar-refractivity contribution in [2.75, 3.05) is 49.6 Å². The summed E-state index contributed by atoms with van der Waals surface area (Å²) in [7, 11) is 0. The molecular formula is C19H29N3O2. The molecule has 3 rings (SSSR count). The van der Waals surface area contributed by atoms with Gasteiger partial charge in [-0.25, -0.2) is 0 Å². The summed E-state index contributed by atoms with van der Waals surface area (Å²) in [5.74, 6) is 0.148. The molecule has 2 saturated heterocycles. The zero-order valence-corrected chi connectivity index (χ0v) is 14.7. The van der Waals surface area contributed by atoms with Crippen LogP contribution in [0, 0.1) is 0 Å². The van der Waals surface area contributed by atoms with E-state index in [1.165, 1.54) is 31.4 Å². The van der Waals surface area contributed by atoms with Gasteiger partial charge in [0, 0.05) is 37.6 Å². The minimum absolute atomic E-state index is 0.148. The number of carbonyl (C=O) groups is 1. The monoisotopic (exact) mass is 331 g/mol. The first-order valence-corrected chi connectivity index (χ1v) is 9.22. The van der Waals surface area contributed by atoms with E-state index in [1.807, 2.05) is 11.8 Å². The second kappa shape index (κ2) is 8.38. The quantitative estimate of drug-likeness (QED) is 0.921. The van der Waals surface area contributed by atoms with Gasteiger partial charge in [0.1, 0.15) is 6.04 Å². The number of benzene rings is 1. The molecule has 0 saturated carbocycles. The molecule has 1 aromatic carbocycles. The van der Waals surface area contributed by atoms with Crippen LogP contribution in [0.25, 0.3) is 0 Å². The van der Waals surface area contributed by atoms with Crippen molar-refractivity contribution in [3.63, 3.8) is 0 Å². The summed E-state index contributed by atoms with van der Waals surface area (Å²) in [6.45, 7) is 6.90. The number of rotatable bonds is 4. The normalized spacial score (nSPS) is 20.4. The third kappa shape index (κ3) is 4.41. The summed E-state index contributed by atoms with van der Waals surface area (Å²) in [5.41, 5.74) is 2.29. The molecule has 0 spiro atoms. The number of ether oxygens (including phenoxy) is 1. The lowest BCUT2D eigenvalue weighted by Gasteiger charge is -2.30. The van der Waals surface area contributed by atoms with Crippen LogP contribution >= 0.6 is 0 Å². The summed E-state index contributed by atoms with van der Waals surface area (Å²) in [5, 5.41) is 3.33. The standard InChI is InChI=1S/C19H29N3O2/c1-16(19(23)22-12-14-24-15-13-22)20-17-6-8-18(9-7-17)21-10-4-2-3-5-11-21/h6-9,16,20H,2-5,10-15H2,1H3/t16-/m1/s1. The van der Waals surface area contributed by atoms with Gasteiger partial charge >= 0.3 is 0 Å². The van der Waals surface area contributed by atoms with Crippen LogP contribution in [0.5, 0.6) is 0 Å². The highest BCUT2D eigenvalue weighted by atomic mass is 16.5. The van der Waals surface area contributed by atoms with Gasteiger partial charge in [-0.05, 0) is 44.0 Å². The predicted octanol–water partition coefficient (Wildman–Crippen LogP) is 2.73. The highest BCUT2D eigenvalue weighted by molar-refractivity contribution is 5.84. The average molecular weight is 331 g/mol. The number of carbonyl (C=O) groups excluding carboxylic acids is 1. The van der Waals surface area contributed by atoms with Crippen molar-refractivity contribution in [2.24, 2.45) is 0 Å². The van der Waals surface area contributed by atoms with Gasteiger partial charge in [-0.2, -0.15) is 0 Å². The highest BCUT2D eigenvalue weighted by Crippen LogP contribution is 2.22. The van der Waals surface area contributed by atoms with Gasteiger partial charge in [0.25, 0.3) is 0 Å². The summed E-state index contributed by atoms with van der Waals surface area (Å²) >= 11 is 0. The Morgan fingerprint density at radius 2 is 1.62 bits per heavy atom. The third-order valence-corrected chi connectivity index (χ3v) is 4.91. The Morgan fingerprint density at radius 1 is 1.00 bits per heavy atom. The first kappa shape index (κ1) is 17.1. The molecule has 132 valence electrons. The van der Waals surface area contributed by atoms with Gasteiger partial charge < -0.3 is 19.9 Å². The van der Waals surface area contributed by atoms with Crippen LogP contribution in [0.15, 0.2) is 24.3 Å². The second-order valence-corrected chi connectivity index (χ2v) is 6.75. The first-order valence-electron chi connectivity index (χ1n) is 9.22. The van der Waals surface area contributed by atoms with Gasteiger partial charge in [-0.15, -0.1) is 0 Å². The smallest absolute Gasteiger partial charge is 0.244 e. The fourth-order valence-corrected chi connectivity index (χ4v) is 3.47. The number of anilines is 2. The maximum absolute atomic E-state index is 12.5. The van der Waals surface area contributed by atoms with Crippen molar-refractivity contribution in [1.29, 1.82) is 0 Å². The maximum Gasteiger partial charge on any atom is 0.244 e. The van der Waals surface area contributed by atoms with Crippen LogP contribution in [0.2, 0.25) is 0 Å². The van der Waals surface area contributed by atoms with Crippen molar-refractivity contribution < 1.29 is 9.53 Å². The van der Waals surface area contributed by atoms with Crippen LogP contribution in [-0.2, 0) is 9.53 Å². The molecule has 2 heterocycles. The van der Waals surface area contributed by atoms with E-state index in [0.717, 1.165) is 18.8 Å². The Labute approximate surface area is 145 Å². The van der Waals surface area contributed by atoms with Gasteiger partial charge in [-0.1, -0.05) is 12.8 Å². The van der Waals surface area contributed by atoms with E-state index in [4.69, 9.17) is 4.74 Å². The summed E-state index contributed by atoms with van der Waals surface area (Å²) in [6, 6.07) is 8.29. The molecule has 1 N–H and O–H groups in total. The zero-order chi connectivity index (χ0) is 16.8. The molecule has 5 nitrogen and oxygen atoms in total. The van der Waals surface area contributed by atoms with Crippen molar-refractivity contribution in [3.8, 4) is 0 Å². The van der Waals surface area contributed by atoms with E-state index in [1.54, 1.807) is 0 Å². The molecule has 0 bridgehead atoms. The van der Waals surface area contributed by atoms with Crippen molar-refractivity contribution >= 4 is 17.3 Å². The van der Waals surface area contributed by atoms with E-state index in [2.05, 4.69) is 34.5 Å². The molecule has 1 atom stereocenters. The number of amides is 1. The lowest BCUT2D eigenvalue weighted by Crippen LogP contribution is -2.46. The molecule has 0 unspecified atom stereocenters. The Hall–Kier alpha value is -1.75. The first-order chi connectivity index (χ1) is 11.7. The molecule has 2 aliphatic rings. The highest BCUT2D eigenvalue weighted by Gasteiger charge is 2.22. The Balaban J connectivity index is 1.55. The molecule has 2 aliphatic heterocycles. The van der Waals surface area contributed by atoms with E-state index >= 15 is 0 Å². The topological polar surface area (TPSA) is 44.8 Å². The Kier molecular flexibility index (Phi) is 5.96. The van der Waals surface area contributed by atoms with Gasteiger partial charge in [-0.3, -0.25) is 4.79 Å². The van der Waals surface area contributed by atoms with E-state index in [-0.39, 0.29) is 11.9 Å². The van der Waals surface area contributed by atoms with Gasteiger partial charge in [0.05, 0.1) is 13.2 Å². The van der Waals surface area contributed by atoms with Crippen LogP contribution in [0.1, 0.15) is 32.6 Å². The molecule has 0 aromatic heterocycles. The Bertz CT molecular complexity index is 518. The average Bonchev–Trinajstić information content (AvgIpc) is 2.92. The van der Waals surface area contributed by atoms with Crippen molar-refractivity contribution in [1.82, 2.24) is 4.90 Å².